The van der Waals surface area contributed by atoms with Gasteiger partial charge >= 0.3 is 0 Å². The standard InChI is InChI=1S/C17H15BrN2O4S/c18-15-4-2-12(25-15)7-19-17(22)10-5-16(21)20(8-10)11-1-3-13-14(6-11)24-9-23-13/h1-4,6,10H,5,7-9H2,(H,19,22). The van der Waals surface area contributed by atoms with Crippen LogP contribution >= 0.6 is 27.3 Å². The fraction of sp³-hybridized carbons (Fsp3) is 0.294. The average Bonchev–Trinajstić information content (AvgIpc) is 3.31. The normalized spacial score (nSPS) is 18.7. The minimum absolute atomic E-state index is 0.0575. The quantitative estimate of drug-likeness (QED) is 0.822. The lowest BCUT2D eigenvalue weighted by atomic mass is 10.1. The predicted octanol–water partition coefficient (Wildman–Crippen LogP) is 2.91. The van der Waals surface area contributed by atoms with E-state index in [1.54, 1.807) is 28.4 Å². The first-order chi connectivity index (χ1) is 12.1. The molecule has 130 valence electrons. The summed E-state index contributed by atoms with van der Waals surface area (Å²) in [6, 6.07) is 9.30. The maximum absolute atomic E-state index is 12.4. The minimum atomic E-state index is -0.346. The molecule has 0 radical (unpaired) electrons. The summed E-state index contributed by atoms with van der Waals surface area (Å²) in [5.41, 5.74) is 0.728. The van der Waals surface area contributed by atoms with E-state index in [9.17, 15) is 9.59 Å². The molecule has 2 amide bonds. The van der Waals surface area contributed by atoms with Gasteiger partial charge in [0, 0.05) is 29.6 Å². The summed E-state index contributed by atoms with van der Waals surface area (Å²) < 4.78 is 11.7. The van der Waals surface area contributed by atoms with E-state index in [2.05, 4.69) is 21.2 Å². The Labute approximate surface area is 156 Å². The molecule has 8 heteroatoms. The molecule has 0 aliphatic carbocycles. The third-order valence-corrected chi connectivity index (χ3v) is 5.85. The van der Waals surface area contributed by atoms with Crippen LogP contribution in [0.2, 0.25) is 0 Å². The highest BCUT2D eigenvalue weighted by molar-refractivity contribution is 9.11. The summed E-state index contributed by atoms with van der Waals surface area (Å²) >= 11 is 4.98. The van der Waals surface area contributed by atoms with Crippen LogP contribution in [0.5, 0.6) is 11.5 Å². The Kier molecular flexibility index (Phi) is 4.39. The number of rotatable bonds is 4. The van der Waals surface area contributed by atoms with Crippen molar-refractivity contribution in [2.24, 2.45) is 5.92 Å². The molecular weight excluding hydrogens is 408 g/mol. The van der Waals surface area contributed by atoms with Crippen molar-refractivity contribution in [3.8, 4) is 11.5 Å². The van der Waals surface area contributed by atoms with Crippen molar-refractivity contribution in [2.75, 3.05) is 18.2 Å². The van der Waals surface area contributed by atoms with Crippen molar-refractivity contribution in [3.63, 3.8) is 0 Å². The van der Waals surface area contributed by atoms with Crippen LogP contribution in [0.4, 0.5) is 5.69 Å². The number of amides is 2. The topological polar surface area (TPSA) is 67.9 Å². The van der Waals surface area contributed by atoms with Gasteiger partial charge in [-0.15, -0.1) is 11.3 Å². The van der Waals surface area contributed by atoms with E-state index in [-0.39, 0.29) is 30.9 Å². The number of hydrogen-bond acceptors (Lipinski definition) is 5. The first-order valence-electron chi connectivity index (χ1n) is 7.82. The van der Waals surface area contributed by atoms with Crippen LogP contribution in [0.15, 0.2) is 34.1 Å². The summed E-state index contributed by atoms with van der Waals surface area (Å²) in [5, 5.41) is 2.92. The molecule has 0 saturated carbocycles. The van der Waals surface area contributed by atoms with Gasteiger partial charge in [-0.2, -0.15) is 0 Å². The Morgan fingerprint density at radius 3 is 2.92 bits per heavy atom. The van der Waals surface area contributed by atoms with Crippen LogP contribution in [0.1, 0.15) is 11.3 Å². The van der Waals surface area contributed by atoms with E-state index in [4.69, 9.17) is 9.47 Å². The molecule has 25 heavy (non-hydrogen) atoms. The zero-order valence-electron chi connectivity index (χ0n) is 13.2. The molecule has 3 heterocycles. The number of thiophene rings is 1. The second-order valence-electron chi connectivity index (χ2n) is 5.87. The lowest BCUT2D eigenvalue weighted by Gasteiger charge is -2.17. The van der Waals surface area contributed by atoms with E-state index in [0.29, 0.717) is 24.6 Å². The summed E-state index contributed by atoms with van der Waals surface area (Å²) in [5.74, 6) is 0.800. The molecule has 2 aliphatic rings. The van der Waals surface area contributed by atoms with Crippen molar-refractivity contribution < 1.29 is 19.1 Å². The fourth-order valence-electron chi connectivity index (χ4n) is 2.95. The van der Waals surface area contributed by atoms with Crippen molar-refractivity contribution in [1.29, 1.82) is 0 Å². The minimum Gasteiger partial charge on any atom is -0.454 e. The van der Waals surface area contributed by atoms with Crippen LogP contribution in [0.3, 0.4) is 0 Å². The largest absolute Gasteiger partial charge is 0.454 e. The molecule has 2 aliphatic heterocycles. The zero-order valence-corrected chi connectivity index (χ0v) is 15.6. The van der Waals surface area contributed by atoms with E-state index in [1.807, 2.05) is 18.2 Å². The van der Waals surface area contributed by atoms with Crippen LogP contribution in [0, 0.1) is 5.92 Å². The fourth-order valence-corrected chi connectivity index (χ4v) is 4.37. The summed E-state index contributed by atoms with van der Waals surface area (Å²) in [4.78, 5) is 27.4. The van der Waals surface area contributed by atoms with Crippen LogP contribution in [-0.4, -0.2) is 25.2 Å². The maximum Gasteiger partial charge on any atom is 0.231 e. The second-order valence-corrected chi connectivity index (χ2v) is 8.41. The number of carbonyl (C=O) groups excluding carboxylic acids is 2. The maximum atomic E-state index is 12.4. The Morgan fingerprint density at radius 2 is 2.12 bits per heavy atom. The highest BCUT2D eigenvalue weighted by atomic mass is 79.9. The van der Waals surface area contributed by atoms with Gasteiger partial charge in [0.15, 0.2) is 11.5 Å². The molecule has 0 spiro atoms. The van der Waals surface area contributed by atoms with Gasteiger partial charge in [0.2, 0.25) is 18.6 Å². The van der Waals surface area contributed by atoms with Gasteiger partial charge in [0.1, 0.15) is 0 Å². The molecule has 2 aromatic rings. The number of nitrogens with one attached hydrogen (secondary N) is 1. The number of nitrogens with zero attached hydrogens (tertiary/aromatic N) is 1. The zero-order chi connectivity index (χ0) is 17.4. The van der Waals surface area contributed by atoms with Gasteiger partial charge in [-0.3, -0.25) is 9.59 Å². The monoisotopic (exact) mass is 422 g/mol. The molecule has 1 atom stereocenters. The molecule has 1 fully saturated rings. The van der Waals surface area contributed by atoms with E-state index in [0.717, 1.165) is 14.4 Å². The van der Waals surface area contributed by atoms with E-state index >= 15 is 0 Å². The summed E-state index contributed by atoms with van der Waals surface area (Å²) in [6.07, 6.45) is 0.217. The van der Waals surface area contributed by atoms with Gasteiger partial charge in [-0.05, 0) is 40.2 Å². The molecule has 1 unspecified atom stereocenters. The molecular formula is C17H15BrN2O4S. The third-order valence-electron chi connectivity index (χ3n) is 4.23. The number of carbonyl (C=O) groups is 2. The predicted molar refractivity (Wildman–Crippen MR) is 96.9 cm³/mol. The number of fused-ring (bicyclic) bond motifs is 1. The van der Waals surface area contributed by atoms with Crippen molar-refractivity contribution in [3.05, 3.63) is 39.0 Å². The Hall–Kier alpha value is -2.06. The summed E-state index contributed by atoms with van der Waals surface area (Å²) in [7, 11) is 0. The molecule has 1 aromatic carbocycles. The van der Waals surface area contributed by atoms with Gasteiger partial charge in [-0.1, -0.05) is 0 Å². The van der Waals surface area contributed by atoms with Crippen molar-refractivity contribution in [1.82, 2.24) is 5.32 Å². The van der Waals surface area contributed by atoms with Crippen LogP contribution < -0.4 is 19.7 Å². The smallest absolute Gasteiger partial charge is 0.231 e. The number of hydrogen-bond donors (Lipinski definition) is 1. The van der Waals surface area contributed by atoms with E-state index < -0.39 is 0 Å². The van der Waals surface area contributed by atoms with Crippen molar-refractivity contribution >= 4 is 44.8 Å². The Morgan fingerprint density at radius 1 is 1.28 bits per heavy atom. The number of halogens is 1. The number of anilines is 1. The molecule has 1 aromatic heterocycles. The van der Waals surface area contributed by atoms with Gasteiger partial charge in [0.05, 0.1) is 16.2 Å². The Balaban J connectivity index is 1.40. The molecule has 1 saturated heterocycles. The van der Waals surface area contributed by atoms with E-state index in [1.165, 1.54) is 0 Å². The first kappa shape index (κ1) is 16.4. The average molecular weight is 423 g/mol. The highest BCUT2D eigenvalue weighted by Gasteiger charge is 2.35. The van der Waals surface area contributed by atoms with Gasteiger partial charge in [0.25, 0.3) is 0 Å². The van der Waals surface area contributed by atoms with Gasteiger partial charge < -0.3 is 19.7 Å². The van der Waals surface area contributed by atoms with Gasteiger partial charge in [-0.25, -0.2) is 0 Å². The molecule has 1 N–H and O–H groups in total. The molecule has 6 nitrogen and oxygen atoms in total. The summed E-state index contributed by atoms with van der Waals surface area (Å²) in [6.45, 7) is 1.04. The van der Waals surface area contributed by atoms with Crippen molar-refractivity contribution in [2.45, 2.75) is 13.0 Å². The SMILES string of the molecule is O=C(NCc1ccc(Br)s1)C1CC(=O)N(c2ccc3c(c2)OCO3)C1. The van der Waals surface area contributed by atoms with Crippen LogP contribution in [-0.2, 0) is 16.1 Å². The second kappa shape index (κ2) is 6.68. The molecule has 0 bridgehead atoms. The molecule has 4 rings (SSSR count). The van der Waals surface area contributed by atoms with Crippen LogP contribution in [0.25, 0.3) is 0 Å². The highest BCUT2D eigenvalue weighted by Crippen LogP contribution is 2.37. The lowest BCUT2D eigenvalue weighted by Crippen LogP contribution is -2.32. The number of ether oxygens (including phenoxy) is 2. The third kappa shape index (κ3) is 3.36. The first-order valence-corrected chi connectivity index (χ1v) is 9.43. The number of benzene rings is 1. The lowest BCUT2D eigenvalue weighted by molar-refractivity contribution is -0.126. The Bertz CT molecular complexity index is 838.